The molecule has 0 amide bonds. The van der Waals surface area contributed by atoms with Crippen LogP contribution < -0.4 is 10.6 Å². The first-order chi connectivity index (χ1) is 10.3. The summed E-state index contributed by atoms with van der Waals surface area (Å²) in [4.78, 5) is 8.44. The lowest BCUT2D eigenvalue weighted by Gasteiger charge is -2.08. The van der Waals surface area contributed by atoms with Gasteiger partial charge in [-0.25, -0.2) is 9.37 Å². The van der Waals surface area contributed by atoms with Crippen molar-refractivity contribution >= 4 is 11.8 Å². The zero-order valence-corrected chi connectivity index (χ0v) is 12.0. The number of nitrogens with zero attached hydrogens (tertiary/aromatic N) is 2. The molecule has 0 fully saturated rings. The van der Waals surface area contributed by atoms with Gasteiger partial charge >= 0.3 is 0 Å². The van der Waals surface area contributed by atoms with Gasteiger partial charge in [0.2, 0.25) is 5.95 Å². The van der Waals surface area contributed by atoms with Crippen molar-refractivity contribution in [2.45, 2.75) is 13.0 Å². The summed E-state index contributed by atoms with van der Waals surface area (Å²) in [6.45, 7) is 1.83. The largest absolute Gasteiger partial charge is 0.385 e. The molecule has 112 valence electrons. The van der Waals surface area contributed by atoms with Crippen LogP contribution in [0.2, 0.25) is 0 Å². The highest BCUT2D eigenvalue weighted by Gasteiger charge is 2.02. The summed E-state index contributed by atoms with van der Waals surface area (Å²) in [7, 11) is 1.68. The van der Waals surface area contributed by atoms with Crippen LogP contribution in [0.3, 0.4) is 0 Å². The Kier molecular flexibility index (Phi) is 5.90. The van der Waals surface area contributed by atoms with Crippen molar-refractivity contribution in [2.75, 3.05) is 30.9 Å². The molecule has 0 saturated carbocycles. The lowest BCUT2D eigenvalue weighted by Crippen LogP contribution is -2.09. The Morgan fingerprint density at radius 3 is 2.86 bits per heavy atom. The van der Waals surface area contributed by atoms with Crippen LogP contribution in [0.5, 0.6) is 0 Å². The van der Waals surface area contributed by atoms with Gasteiger partial charge in [0.15, 0.2) is 0 Å². The van der Waals surface area contributed by atoms with Crippen LogP contribution in [0.1, 0.15) is 12.0 Å². The lowest BCUT2D eigenvalue weighted by molar-refractivity contribution is 0.198. The van der Waals surface area contributed by atoms with Gasteiger partial charge in [-0.05, 0) is 18.6 Å². The van der Waals surface area contributed by atoms with E-state index < -0.39 is 0 Å². The Labute approximate surface area is 123 Å². The first kappa shape index (κ1) is 15.2. The van der Waals surface area contributed by atoms with E-state index in [-0.39, 0.29) is 5.82 Å². The second-order valence-electron chi connectivity index (χ2n) is 4.48. The van der Waals surface area contributed by atoms with E-state index >= 15 is 0 Å². The predicted octanol–water partition coefficient (Wildman–Crippen LogP) is 2.68. The smallest absolute Gasteiger partial charge is 0.224 e. The molecular weight excluding hydrogens is 271 g/mol. The van der Waals surface area contributed by atoms with Crippen molar-refractivity contribution in [3.8, 4) is 0 Å². The number of aromatic nitrogens is 2. The summed E-state index contributed by atoms with van der Waals surface area (Å²) < 4.78 is 18.5. The zero-order chi connectivity index (χ0) is 14.9. The summed E-state index contributed by atoms with van der Waals surface area (Å²) in [5, 5.41) is 6.20. The van der Waals surface area contributed by atoms with Gasteiger partial charge in [-0.3, -0.25) is 0 Å². The highest BCUT2D eigenvalue weighted by atomic mass is 19.1. The number of methoxy groups -OCH3 is 1. The van der Waals surface area contributed by atoms with Gasteiger partial charge in [0, 0.05) is 38.6 Å². The fourth-order valence-corrected chi connectivity index (χ4v) is 1.79. The summed E-state index contributed by atoms with van der Waals surface area (Å²) in [6, 6.07) is 8.43. The standard InChI is InChI=1S/C15H19FN4O/c1-21-10-4-8-17-14-7-9-18-15(20-14)19-11-12-5-2-3-6-13(12)16/h2-3,5-7,9H,4,8,10-11H2,1H3,(H2,17,18,19,20). The zero-order valence-electron chi connectivity index (χ0n) is 12.0. The van der Waals surface area contributed by atoms with Gasteiger partial charge in [-0.1, -0.05) is 18.2 Å². The highest BCUT2D eigenvalue weighted by molar-refractivity contribution is 5.39. The molecule has 1 aromatic carbocycles. The summed E-state index contributed by atoms with van der Waals surface area (Å²) in [5.74, 6) is 0.964. The number of hydrogen-bond donors (Lipinski definition) is 2. The minimum atomic E-state index is -0.237. The quantitative estimate of drug-likeness (QED) is 0.732. The number of ether oxygens (including phenoxy) is 1. The second kappa shape index (κ2) is 8.16. The normalized spacial score (nSPS) is 10.4. The third-order valence-electron chi connectivity index (χ3n) is 2.88. The Bertz CT molecular complexity index is 565. The third-order valence-corrected chi connectivity index (χ3v) is 2.88. The van der Waals surface area contributed by atoms with E-state index in [1.807, 2.05) is 0 Å². The lowest BCUT2D eigenvalue weighted by atomic mass is 10.2. The number of halogens is 1. The van der Waals surface area contributed by atoms with Crippen molar-refractivity contribution in [1.82, 2.24) is 9.97 Å². The molecule has 21 heavy (non-hydrogen) atoms. The van der Waals surface area contributed by atoms with Gasteiger partial charge in [-0.15, -0.1) is 0 Å². The molecule has 1 aromatic heterocycles. The van der Waals surface area contributed by atoms with Crippen molar-refractivity contribution < 1.29 is 9.13 Å². The molecule has 5 nitrogen and oxygen atoms in total. The van der Waals surface area contributed by atoms with E-state index in [1.165, 1.54) is 6.07 Å². The monoisotopic (exact) mass is 290 g/mol. The van der Waals surface area contributed by atoms with Crippen LogP contribution in [-0.2, 0) is 11.3 Å². The predicted molar refractivity (Wildman–Crippen MR) is 80.7 cm³/mol. The fraction of sp³-hybridized carbons (Fsp3) is 0.333. The molecule has 0 bridgehead atoms. The maximum atomic E-state index is 13.5. The van der Waals surface area contributed by atoms with Gasteiger partial charge < -0.3 is 15.4 Å². The van der Waals surface area contributed by atoms with Crippen LogP contribution in [0.25, 0.3) is 0 Å². The van der Waals surface area contributed by atoms with Crippen LogP contribution in [-0.4, -0.2) is 30.2 Å². The van der Waals surface area contributed by atoms with Crippen molar-refractivity contribution in [1.29, 1.82) is 0 Å². The molecule has 0 unspecified atom stereocenters. The molecule has 1 heterocycles. The molecule has 6 heteroatoms. The van der Waals surface area contributed by atoms with Crippen LogP contribution >= 0.6 is 0 Å². The van der Waals surface area contributed by atoms with Crippen LogP contribution in [0.4, 0.5) is 16.2 Å². The molecule has 2 aromatic rings. The number of anilines is 2. The average Bonchev–Trinajstić information content (AvgIpc) is 2.51. The second-order valence-corrected chi connectivity index (χ2v) is 4.48. The van der Waals surface area contributed by atoms with Crippen molar-refractivity contribution in [3.05, 3.63) is 47.9 Å². The fourth-order valence-electron chi connectivity index (χ4n) is 1.79. The third kappa shape index (κ3) is 5.00. The summed E-state index contributed by atoms with van der Waals surface area (Å²) in [5.41, 5.74) is 0.583. The van der Waals surface area contributed by atoms with E-state index in [0.29, 0.717) is 24.7 Å². The summed E-state index contributed by atoms with van der Waals surface area (Å²) in [6.07, 6.45) is 2.56. The molecule has 0 aliphatic rings. The van der Waals surface area contributed by atoms with E-state index in [9.17, 15) is 4.39 Å². The first-order valence-electron chi connectivity index (χ1n) is 6.82. The number of nitrogens with one attached hydrogen (secondary N) is 2. The van der Waals surface area contributed by atoms with Gasteiger partial charge in [0.05, 0.1) is 0 Å². The molecule has 0 aliphatic heterocycles. The highest BCUT2D eigenvalue weighted by Crippen LogP contribution is 2.10. The summed E-state index contributed by atoms with van der Waals surface area (Å²) >= 11 is 0. The Morgan fingerprint density at radius 1 is 1.19 bits per heavy atom. The maximum absolute atomic E-state index is 13.5. The average molecular weight is 290 g/mol. The van der Waals surface area contributed by atoms with Crippen molar-refractivity contribution in [3.63, 3.8) is 0 Å². The van der Waals surface area contributed by atoms with Crippen LogP contribution in [0, 0.1) is 5.82 Å². The molecule has 2 N–H and O–H groups in total. The SMILES string of the molecule is COCCCNc1ccnc(NCc2ccccc2F)n1. The maximum Gasteiger partial charge on any atom is 0.224 e. The molecule has 0 atom stereocenters. The number of hydrogen-bond acceptors (Lipinski definition) is 5. The van der Waals surface area contributed by atoms with Gasteiger partial charge in [0.25, 0.3) is 0 Å². The Balaban J connectivity index is 1.87. The topological polar surface area (TPSA) is 59.1 Å². The Morgan fingerprint density at radius 2 is 2.05 bits per heavy atom. The van der Waals surface area contributed by atoms with Gasteiger partial charge in [0.1, 0.15) is 11.6 Å². The Hall–Kier alpha value is -2.21. The molecule has 0 radical (unpaired) electrons. The number of benzene rings is 1. The minimum absolute atomic E-state index is 0.237. The number of rotatable bonds is 8. The van der Waals surface area contributed by atoms with E-state index in [1.54, 1.807) is 37.6 Å². The molecular formula is C15H19FN4O. The van der Waals surface area contributed by atoms with E-state index in [2.05, 4.69) is 20.6 Å². The molecule has 0 saturated heterocycles. The van der Waals surface area contributed by atoms with Gasteiger partial charge in [-0.2, -0.15) is 4.98 Å². The molecule has 0 aliphatic carbocycles. The van der Waals surface area contributed by atoms with E-state index in [0.717, 1.165) is 18.8 Å². The van der Waals surface area contributed by atoms with Crippen LogP contribution in [0.15, 0.2) is 36.5 Å². The molecule has 0 spiro atoms. The first-order valence-corrected chi connectivity index (χ1v) is 6.82. The molecule has 2 rings (SSSR count). The van der Waals surface area contributed by atoms with E-state index in [4.69, 9.17) is 4.74 Å². The minimum Gasteiger partial charge on any atom is -0.385 e. The van der Waals surface area contributed by atoms with Crippen molar-refractivity contribution in [2.24, 2.45) is 0 Å².